The highest BCUT2D eigenvalue weighted by atomic mass is 32.2. The monoisotopic (exact) mass is 445 g/mol. The van der Waals surface area contributed by atoms with Gasteiger partial charge in [0, 0.05) is 46.3 Å². The quantitative estimate of drug-likeness (QED) is 0.699. The van der Waals surface area contributed by atoms with Crippen LogP contribution in [0.15, 0.2) is 35.2 Å². The van der Waals surface area contributed by atoms with Crippen LogP contribution in [0.25, 0.3) is 0 Å². The molecule has 1 saturated heterocycles. The zero-order valence-corrected chi connectivity index (χ0v) is 17.5. The van der Waals surface area contributed by atoms with Gasteiger partial charge >= 0.3 is 6.36 Å². The number of benzene rings is 1. The first-order valence-electron chi connectivity index (χ1n) is 9.10. The lowest BCUT2D eigenvalue weighted by molar-refractivity contribution is -0.275. The van der Waals surface area contributed by atoms with Crippen molar-refractivity contribution in [1.82, 2.24) is 14.3 Å². The number of hydrogen-bond donors (Lipinski definition) is 0. The number of hydrogen-bond acceptors (Lipinski definition) is 7. The Hall–Kier alpha value is -2.60. The molecule has 30 heavy (non-hydrogen) atoms. The van der Waals surface area contributed by atoms with Crippen molar-refractivity contribution in [3.05, 3.63) is 36.2 Å². The summed E-state index contributed by atoms with van der Waals surface area (Å²) in [5.41, 5.74) is 0. The first-order valence-corrected chi connectivity index (χ1v) is 10.5. The molecule has 0 spiro atoms. The molecule has 2 aromatic rings. The van der Waals surface area contributed by atoms with Crippen molar-refractivity contribution in [3.63, 3.8) is 0 Å². The van der Waals surface area contributed by atoms with Crippen molar-refractivity contribution in [1.29, 1.82) is 0 Å². The Morgan fingerprint density at radius 1 is 1.07 bits per heavy atom. The fourth-order valence-electron chi connectivity index (χ4n) is 3.10. The number of alkyl halides is 3. The van der Waals surface area contributed by atoms with Crippen LogP contribution >= 0.6 is 0 Å². The molecule has 1 aliphatic heterocycles. The van der Waals surface area contributed by atoms with Gasteiger partial charge in [0.2, 0.25) is 10.0 Å². The molecule has 0 radical (unpaired) electrons. The maximum absolute atomic E-state index is 13.0. The molecule has 1 fully saturated rings. The molecule has 164 valence electrons. The molecule has 1 aliphatic rings. The highest BCUT2D eigenvalue weighted by Gasteiger charge is 2.36. The predicted molar refractivity (Wildman–Crippen MR) is 105 cm³/mol. The summed E-state index contributed by atoms with van der Waals surface area (Å²) in [7, 11) is -0.444. The van der Waals surface area contributed by atoms with Crippen molar-refractivity contribution in [3.8, 4) is 5.75 Å². The number of sulfonamides is 1. The molecule has 0 aliphatic carbocycles. The molecule has 2 heterocycles. The maximum Gasteiger partial charge on any atom is 0.573 e. The van der Waals surface area contributed by atoms with Gasteiger partial charge in [-0.25, -0.2) is 18.4 Å². The second-order valence-corrected chi connectivity index (χ2v) is 8.82. The molecule has 8 nitrogen and oxygen atoms in total. The third-order valence-electron chi connectivity index (χ3n) is 4.52. The fourth-order valence-corrected chi connectivity index (χ4v) is 4.63. The van der Waals surface area contributed by atoms with Crippen molar-refractivity contribution >= 4 is 21.7 Å². The van der Waals surface area contributed by atoms with Crippen LogP contribution in [0, 0.1) is 6.92 Å². The van der Waals surface area contributed by atoms with Crippen LogP contribution in [0.3, 0.4) is 0 Å². The van der Waals surface area contributed by atoms with Crippen LogP contribution in [0.4, 0.5) is 24.8 Å². The number of piperazine rings is 1. The lowest BCUT2D eigenvalue weighted by Crippen LogP contribution is -2.49. The third-order valence-corrected chi connectivity index (χ3v) is 6.46. The minimum absolute atomic E-state index is 0.100. The van der Waals surface area contributed by atoms with Crippen LogP contribution in [-0.4, -0.2) is 69.3 Å². The van der Waals surface area contributed by atoms with E-state index in [1.54, 1.807) is 6.92 Å². The summed E-state index contributed by atoms with van der Waals surface area (Å²) in [6, 6.07) is 6.56. The van der Waals surface area contributed by atoms with E-state index in [1.807, 2.05) is 30.0 Å². The van der Waals surface area contributed by atoms with Gasteiger partial charge in [-0.05, 0) is 19.1 Å². The summed E-state index contributed by atoms with van der Waals surface area (Å²) in [6.45, 7) is 2.65. The molecular formula is C18H22F3N5O3S. The van der Waals surface area contributed by atoms with E-state index in [2.05, 4.69) is 14.7 Å². The summed E-state index contributed by atoms with van der Waals surface area (Å²) in [5.74, 6) is 1.24. The Bertz CT molecular complexity index is 1010. The number of para-hydroxylation sites is 1. The standard InChI is InChI=1S/C18H22F3N5O3S/c1-13-22-16(24(2)3)12-17(23-13)25-8-10-26(11-9-25)30(27,28)15-7-5-4-6-14(15)29-18(19,20)21/h4-7,12H,8-11H2,1-3H3. The van der Waals surface area contributed by atoms with E-state index in [-0.39, 0.29) is 13.1 Å². The van der Waals surface area contributed by atoms with Gasteiger partial charge in [-0.15, -0.1) is 13.2 Å². The average Bonchev–Trinajstić information content (AvgIpc) is 2.66. The summed E-state index contributed by atoms with van der Waals surface area (Å²) in [5, 5.41) is 0. The zero-order chi connectivity index (χ0) is 22.1. The summed E-state index contributed by atoms with van der Waals surface area (Å²) in [4.78, 5) is 12.0. The van der Waals surface area contributed by atoms with E-state index in [1.165, 1.54) is 12.1 Å². The number of rotatable bonds is 5. The Morgan fingerprint density at radius 2 is 1.70 bits per heavy atom. The van der Waals surface area contributed by atoms with E-state index in [0.29, 0.717) is 24.7 Å². The Morgan fingerprint density at radius 3 is 2.30 bits per heavy atom. The van der Waals surface area contributed by atoms with Gasteiger partial charge in [0.1, 0.15) is 28.1 Å². The van der Waals surface area contributed by atoms with Gasteiger partial charge in [0.25, 0.3) is 0 Å². The lowest BCUT2D eigenvalue weighted by atomic mass is 10.3. The molecule has 0 N–H and O–H groups in total. The molecular weight excluding hydrogens is 423 g/mol. The van der Waals surface area contributed by atoms with Gasteiger partial charge in [0.15, 0.2) is 0 Å². The van der Waals surface area contributed by atoms with Gasteiger partial charge in [-0.1, -0.05) is 12.1 Å². The summed E-state index contributed by atoms with van der Waals surface area (Å²) < 4.78 is 69.0. The van der Waals surface area contributed by atoms with Crippen molar-refractivity contribution in [2.45, 2.75) is 18.2 Å². The largest absolute Gasteiger partial charge is 0.573 e. The summed E-state index contributed by atoms with van der Waals surface area (Å²) in [6.07, 6.45) is -4.99. The van der Waals surface area contributed by atoms with Crippen molar-refractivity contribution in [2.24, 2.45) is 0 Å². The SMILES string of the molecule is Cc1nc(N(C)C)cc(N2CCN(S(=O)(=O)c3ccccc3OC(F)(F)F)CC2)n1. The van der Waals surface area contributed by atoms with Gasteiger partial charge < -0.3 is 14.5 Å². The lowest BCUT2D eigenvalue weighted by Gasteiger charge is -2.35. The van der Waals surface area contributed by atoms with E-state index in [9.17, 15) is 21.6 Å². The number of halogens is 3. The number of aryl methyl sites for hydroxylation is 1. The van der Waals surface area contributed by atoms with E-state index in [0.717, 1.165) is 22.3 Å². The topological polar surface area (TPSA) is 78.9 Å². The van der Waals surface area contributed by atoms with Crippen LogP contribution in [0.2, 0.25) is 0 Å². The maximum atomic E-state index is 13.0. The van der Waals surface area contributed by atoms with Crippen LogP contribution in [0.1, 0.15) is 5.82 Å². The van der Waals surface area contributed by atoms with Gasteiger partial charge in [-0.2, -0.15) is 4.31 Å². The Kier molecular flexibility index (Phi) is 6.09. The molecule has 1 aromatic carbocycles. The predicted octanol–water partition coefficient (Wildman–Crippen LogP) is 2.26. The second-order valence-electron chi connectivity index (χ2n) is 6.91. The highest BCUT2D eigenvalue weighted by Crippen LogP contribution is 2.32. The van der Waals surface area contributed by atoms with E-state index < -0.39 is 27.0 Å². The molecule has 1 aromatic heterocycles. The number of ether oxygens (including phenoxy) is 1. The van der Waals surface area contributed by atoms with Crippen molar-refractivity contribution in [2.75, 3.05) is 50.1 Å². The molecule has 0 atom stereocenters. The minimum atomic E-state index is -4.99. The number of nitrogens with zero attached hydrogens (tertiary/aromatic N) is 5. The second kappa shape index (κ2) is 8.26. The van der Waals surface area contributed by atoms with Crippen molar-refractivity contribution < 1.29 is 26.3 Å². The molecule has 12 heteroatoms. The molecule has 0 bridgehead atoms. The minimum Gasteiger partial charge on any atom is -0.404 e. The smallest absolute Gasteiger partial charge is 0.404 e. The van der Waals surface area contributed by atoms with Gasteiger partial charge in [0.05, 0.1) is 0 Å². The average molecular weight is 445 g/mol. The van der Waals surface area contributed by atoms with Gasteiger partial charge in [-0.3, -0.25) is 0 Å². The molecule has 0 unspecified atom stereocenters. The zero-order valence-electron chi connectivity index (χ0n) is 16.7. The third kappa shape index (κ3) is 4.93. The van der Waals surface area contributed by atoms with Crippen LogP contribution < -0.4 is 14.5 Å². The fraction of sp³-hybridized carbons (Fsp3) is 0.444. The normalized spacial score (nSPS) is 15.9. The first kappa shape index (κ1) is 22.1. The molecule has 0 amide bonds. The number of aromatic nitrogens is 2. The highest BCUT2D eigenvalue weighted by molar-refractivity contribution is 7.89. The van der Waals surface area contributed by atoms with E-state index >= 15 is 0 Å². The molecule has 3 rings (SSSR count). The van der Waals surface area contributed by atoms with E-state index in [4.69, 9.17) is 0 Å². The first-order chi connectivity index (χ1) is 14.0. The van der Waals surface area contributed by atoms with Crippen LogP contribution in [0.5, 0.6) is 5.75 Å². The van der Waals surface area contributed by atoms with Crippen LogP contribution in [-0.2, 0) is 10.0 Å². The Balaban J connectivity index is 1.78. The molecule has 0 saturated carbocycles. The Labute approximate surface area is 172 Å². The number of anilines is 2. The summed E-state index contributed by atoms with van der Waals surface area (Å²) >= 11 is 0.